The van der Waals surface area contributed by atoms with Gasteiger partial charge in [-0.05, 0) is 36.8 Å². The maximum Gasteiger partial charge on any atom is 0.238 e. The Morgan fingerprint density at radius 2 is 1.88 bits per heavy atom. The number of fused-ring (bicyclic) bond motifs is 1. The number of nitrogens with zero attached hydrogens (tertiary/aromatic N) is 4. The molecule has 0 aliphatic carbocycles. The van der Waals surface area contributed by atoms with Crippen molar-refractivity contribution in [2.75, 3.05) is 31.2 Å². The zero-order chi connectivity index (χ0) is 23.0. The Bertz CT molecular complexity index is 1470. The second-order valence-corrected chi connectivity index (χ2v) is 9.35. The van der Waals surface area contributed by atoms with Gasteiger partial charge in [0.05, 0.1) is 28.9 Å². The monoisotopic (exact) mass is 466 g/mol. The third kappa shape index (κ3) is 4.25. The van der Waals surface area contributed by atoms with Crippen molar-refractivity contribution in [2.24, 2.45) is 5.14 Å². The number of aromatic nitrogens is 4. The van der Waals surface area contributed by atoms with Crippen LogP contribution in [0.1, 0.15) is 6.42 Å². The molecule has 0 saturated carbocycles. The van der Waals surface area contributed by atoms with Gasteiger partial charge in [0.25, 0.3) is 0 Å². The number of nitrogens with one attached hydrogen (secondary N) is 1. The summed E-state index contributed by atoms with van der Waals surface area (Å²) in [4.78, 5) is 18.4. The lowest BCUT2D eigenvalue weighted by Gasteiger charge is -2.22. The van der Waals surface area contributed by atoms with Crippen LogP contribution in [0.25, 0.3) is 27.8 Å². The first-order chi connectivity index (χ1) is 15.9. The molecule has 2 aromatic carbocycles. The molecule has 1 aliphatic rings. The van der Waals surface area contributed by atoms with Crippen LogP contribution in [0.3, 0.4) is 0 Å². The first-order valence-electron chi connectivity index (χ1n) is 10.4. The van der Waals surface area contributed by atoms with E-state index in [0.717, 1.165) is 24.3 Å². The number of hydrogen-bond acceptors (Lipinski definition) is 7. The Balaban J connectivity index is 1.55. The van der Waals surface area contributed by atoms with Gasteiger partial charge in [-0.3, -0.25) is 4.79 Å². The maximum atomic E-state index is 12.9. The minimum atomic E-state index is -3.77. The van der Waals surface area contributed by atoms with E-state index in [1.54, 1.807) is 30.5 Å². The Morgan fingerprint density at radius 1 is 1.06 bits per heavy atom. The van der Waals surface area contributed by atoms with Gasteiger partial charge in [-0.1, -0.05) is 17.3 Å². The van der Waals surface area contributed by atoms with Gasteiger partial charge in [-0.2, -0.15) is 0 Å². The summed E-state index contributed by atoms with van der Waals surface area (Å²) in [5.41, 5.74) is 2.55. The quantitative estimate of drug-likeness (QED) is 0.467. The summed E-state index contributed by atoms with van der Waals surface area (Å²) in [6.07, 6.45) is 2.62. The van der Waals surface area contributed by atoms with Crippen LogP contribution >= 0.6 is 0 Å². The molecule has 0 radical (unpaired) electrons. The SMILES string of the molecule is NS(=O)(=O)c1ccc(-n2cc(-c3cccc4c(=O)cc(N5CCCOCC5)[nH]c34)nn2)cc1. The number of rotatable bonds is 4. The van der Waals surface area contributed by atoms with E-state index in [2.05, 4.69) is 20.2 Å². The lowest BCUT2D eigenvalue weighted by Crippen LogP contribution is -2.28. The lowest BCUT2D eigenvalue weighted by atomic mass is 10.1. The predicted molar refractivity (Wildman–Crippen MR) is 124 cm³/mol. The first-order valence-corrected chi connectivity index (χ1v) is 12.0. The third-order valence-electron chi connectivity index (χ3n) is 5.61. The fourth-order valence-corrected chi connectivity index (χ4v) is 4.45. The maximum absolute atomic E-state index is 12.9. The Labute approximate surface area is 189 Å². The number of H-pyrrole nitrogens is 1. The smallest absolute Gasteiger partial charge is 0.238 e. The number of sulfonamides is 1. The van der Waals surface area contributed by atoms with E-state index < -0.39 is 10.0 Å². The molecule has 11 heteroatoms. The number of primary sulfonamides is 1. The molecule has 3 N–H and O–H groups in total. The number of ether oxygens (including phenoxy) is 1. The fourth-order valence-electron chi connectivity index (χ4n) is 3.93. The van der Waals surface area contributed by atoms with Crippen molar-refractivity contribution >= 4 is 26.7 Å². The molecule has 10 nitrogen and oxygen atoms in total. The van der Waals surface area contributed by atoms with Crippen LogP contribution in [0.2, 0.25) is 0 Å². The van der Waals surface area contributed by atoms with E-state index in [-0.39, 0.29) is 10.3 Å². The van der Waals surface area contributed by atoms with Crippen molar-refractivity contribution in [1.29, 1.82) is 0 Å². The summed E-state index contributed by atoms with van der Waals surface area (Å²) >= 11 is 0. The normalized spacial score (nSPS) is 15.0. The zero-order valence-corrected chi connectivity index (χ0v) is 18.5. The number of hydrogen-bond donors (Lipinski definition) is 2. The summed E-state index contributed by atoms with van der Waals surface area (Å²) < 4.78 is 30.0. The standard InChI is InChI=1S/C22H22N6O4S/c23-33(30,31)16-7-5-15(6-8-16)28-14-19(25-26-28)17-3-1-4-18-20(29)13-21(24-22(17)18)27-9-2-11-32-12-10-27/h1,3-8,13-14H,2,9-12H2,(H,24,29)(H2,23,30,31). The van der Waals surface area contributed by atoms with Crippen LogP contribution < -0.4 is 15.5 Å². The fraction of sp³-hybridized carbons (Fsp3) is 0.227. The van der Waals surface area contributed by atoms with Gasteiger partial charge in [0.1, 0.15) is 11.5 Å². The van der Waals surface area contributed by atoms with Crippen LogP contribution in [-0.2, 0) is 14.8 Å². The van der Waals surface area contributed by atoms with Gasteiger partial charge in [-0.15, -0.1) is 5.10 Å². The highest BCUT2D eigenvalue weighted by Crippen LogP contribution is 2.27. The molecule has 1 fully saturated rings. The number of nitrogens with two attached hydrogens (primary N) is 1. The van der Waals surface area contributed by atoms with E-state index in [1.807, 2.05) is 12.1 Å². The number of benzene rings is 2. The van der Waals surface area contributed by atoms with E-state index in [9.17, 15) is 13.2 Å². The largest absolute Gasteiger partial charge is 0.380 e. The van der Waals surface area contributed by atoms with Crippen molar-refractivity contribution in [3.8, 4) is 16.9 Å². The number of pyridine rings is 1. The average Bonchev–Trinajstić information content (AvgIpc) is 3.13. The van der Waals surface area contributed by atoms with Gasteiger partial charge in [-0.25, -0.2) is 18.2 Å². The van der Waals surface area contributed by atoms with Crippen LogP contribution in [0.15, 0.2) is 64.4 Å². The minimum Gasteiger partial charge on any atom is -0.380 e. The molecule has 0 unspecified atom stereocenters. The first kappa shape index (κ1) is 21.3. The Hall–Kier alpha value is -3.54. The molecule has 2 aromatic heterocycles. The van der Waals surface area contributed by atoms with Gasteiger partial charge in [0.15, 0.2) is 5.43 Å². The highest BCUT2D eigenvalue weighted by molar-refractivity contribution is 7.89. The number of aromatic amines is 1. The molecular formula is C22H22N6O4S. The summed E-state index contributed by atoms with van der Waals surface area (Å²) in [5, 5.41) is 14.2. The van der Waals surface area contributed by atoms with Crippen molar-refractivity contribution in [3.05, 3.63) is 65.0 Å². The molecule has 3 heterocycles. The molecule has 170 valence electrons. The highest BCUT2D eigenvalue weighted by Gasteiger charge is 2.16. The van der Waals surface area contributed by atoms with Crippen molar-refractivity contribution in [3.63, 3.8) is 0 Å². The number of anilines is 1. The molecule has 0 atom stereocenters. The molecule has 0 spiro atoms. The Morgan fingerprint density at radius 3 is 2.67 bits per heavy atom. The zero-order valence-electron chi connectivity index (χ0n) is 17.6. The predicted octanol–water partition coefficient (Wildman–Crippen LogP) is 1.65. The Kier molecular flexibility index (Phi) is 5.44. The second-order valence-electron chi connectivity index (χ2n) is 7.79. The summed E-state index contributed by atoms with van der Waals surface area (Å²) in [7, 11) is -3.77. The number of para-hydroxylation sites is 1. The summed E-state index contributed by atoms with van der Waals surface area (Å²) in [5.74, 6) is 0.747. The van der Waals surface area contributed by atoms with E-state index in [0.29, 0.717) is 42.0 Å². The second kappa shape index (κ2) is 8.43. The molecule has 0 amide bonds. The third-order valence-corrected chi connectivity index (χ3v) is 6.54. The van der Waals surface area contributed by atoms with Crippen LogP contribution in [-0.4, -0.2) is 54.7 Å². The average molecular weight is 467 g/mol. The van der Waals surface area contributed by atoms with Crippen molar-refractivity contribution in [2.45, 2.75) is 11.3 Å². The van der Waals surface area contributed by atoms with E-state index in [4.69, 9.17) is 9.88 Å². The molecule has 5 rings (SSSR count). The summed E-state index contributed by atoms with van der Waals surface area (Å²) in [6, 6.07) is 13.1. The van der Waals surface area contributed by atoms with Crippen LogP contribution in [0.4, 0.5) is 5.82 Å². The van der Waals surface area contributed by atoms with Crippen LogP contribution in [0, 0.1) is 0 Å². The highest BCUT2D eigenvalue weighted by atomic mass is 32.2. The minimum absolute atomic E-state index is 0.0182. The van der Waals surface area contributed by atoms with Crippen LogP contribution in [0.5, 0.6) is 0 Å². The molecule has 0 bridgehead atoms. The molecule has 33 heavy (non-hydrogen) atoms. The topological polar surface area (TPSA) is 136 Å². The summed E-state index contributed by atoms with van der Waals surface area (Å²) in [6.45, 7) is 2.82. The lowest BCUT2D eigenvalue weighted by molar-refractivity contribution is 0.152. The van der Waals surface area contributed by atoms with Gasteiger partial charge < -0.3 is 14.6 Å². The molecule has 4 aromatic rings. The van der Waals surface area contributed by atoms with Gasteiger partial charge in [0.2, 0.25) is 10.0 Å². The molecule has 1 saturated heterocycles. The molecular weight excluding hydrogens is 444 g/mol. The van der Waals surface area contributed by atoms with Crippen molar-refractivity contribution in [1.82, 2.24) is 20.0 Å². The molecule has 1 aliphatic heterocycles. The van der Waals surface area contributed by atoms with Gasteiger partial charge >= 0.3 is 0 Å². The van der Waals surface area contributed by atoms with E-state index >= 15 is 0 Å². The van der Waals surface area contributed by atoms with Crippen molar-refractivity contribution < 1.29 is 13.2 Å². The van der Waals surface area contributed by atoms with Gasteiger partial charge in [0, 0.05) is 36.7 Å². The van der Waals surface area contributed by atoms with E-state index in [1.165, 1.54) is 16.8 Å².